The van der Waals surface area contributed by atoms with Gasteiger partial charge in [0.15, 0.2) is 0 Å². The lowest BCUT2D eigenvalue weighted by atomic mass is 9.88. The first-order chi connectivity index (χ1) is 6.70. The van der Waals surface area contributed by atoms with E-state index >= 15 is 0 Å². The Kier molecular flexibility index (Phi) is 2.45. The average molecular weight is 192 g/mol. The number of fused-ring (bicyclic) bond motifs is 2. The van der Waals surface area contributed by atoms with Gasteiger partial charge in [-0.1, -0.05) is 6.42 Å². The maximum atomic E-state index is 11.7. The van der Waals surface area contributed by atoms with Crippen molar-refractivity contribution in [3.8, 4) is 6.07 Å². The van der Waals surface area contributed by atoms with Crippen molar-refractivity contribution in [1.82, 2.24) is 5.32 Å². The molecule has 0 aromatic carbocycles. The van der Waals surface area contributed by atoms with Crippen LogP contribution in [0.2, 0.25) is 0 Å². The number of rotatable bonds is 2. The summed E-state index contributed by atoms with van der Waals surface area (Å²) in [4.78, 5) is 11.7. The molecule has 2 fully saturated rings. The SMILES string of the molecule is CC(C#N)NC(=O)C1CC2CCC1C2. The van der Waals surface area contributed by atoms with Gasteiger partial charge in [0.2, 0.25) is 5.91 Å². The third-order valence-corrected chi connectivity index (χ3v) is 3.63. The lowest BCUT2D eigenvalue weighted by Crippen LogP contribution is -2.38. The van der Waals surface area contributed by atoms with Gasteiger partial charge >= 0.3 is 0 Å². The van der Waals surface area contributed by atoms with Crippen LogP contribution < -0.4 is 5.32 Å². The van der Waals surface area contributed by atoms with E-state index in [2.05, 4.69) is 5.32 Å². The van der Waals surface area contributed by atoms with Crippen molar-refractivity contribution in [3.05, 3.63) is 0 Å². The summed E-state index contributed by atoms with van der Waals surface area (Å²) in [6.45, 7) is 1.73. The van der Waals surface area contributed by atoms with Gasteiger partial charge in [-0.2, -0.15) is 5.26 Å². The van der Waals surface area contributed by atoms with E-state index in [1.807, 2.05) is 6.07 Å². The lowest BCUT2D eigenvalue weighted by molar-refractivity contribution is -0.126. The molecule has 4 atom stereocenters. The van der Waals surface area contributed by atoms with Gasteiger partial charge in [0.1, 0.15) is 6.04 Å². The van der Waals surface area contributed by atoms with E-state index in [0.29, 0.717) is 5.92 Å². The highest BCUT2D eigenvalue weighted by Gasteiger charge is 2.43. The summed E-state index contributed by atoms with van der Waals surface area (Å²) in [5.74, 6) is 1.69. The van der Waals surface area contributed by atoms with Crippen molar-refractivity contribution in [1.29, 1.82) is 5.26 Å². The molecule has 0 heterocycles. The highest BCUT2D eigenvalue weighted by Crippen LogP contribution is 2.48. The minimum absolute atomic E-state index is 0.103. The van der Waals surface area contributed by atoms with Gasteiger partial charge in [0, 0.05) is 5.92 Å². The first-order valence-corrected chi connectivity index (χ1v) is 5.40. The normalized spacial score (nSPS) is 36.4. The van der Waals surface area contributed by atoms with Gasteiger partial charge in [0.25, 0.3) is 0 Å². The Morgan fingerprint density at radius 2 is 2.29 bits per heavy atom. The predicted octanol–water partition coefficient (Wildman–Crippen LogP) is 1.45. The Balaban J connectivity index is 1.90. The molecule has 14 heavy (non-hydrogen) atoms. The van der Waals surface area contributed by atoms with Crippen LogP contribution in [0.25, 0.3) is 0 Å². The summed E-state index contributed by atoms with van der Waals surface area (Å²) in [5, 5.41) is 11.3. The molecule has 76 valence electrons. The van der Waals surface area contributed by atoms with Crippen molar-refractivity contribution in [2.45, 2.75) is 38.6 Å². The Morgan fingerprint density at radius 3 is 2.79 bits per heavy atom. The van der Waals surface area contributed by atoms with Crippen LogP contribution >= 0.6 is 0 Å². The fourth-order valence-corrected chi connectivity index (χ4v) is 2.92. The Hall–Kier alpha value is -1.04. The summed E-state index contributed by atoms with van der Waals surface area (Å²) < 4.78 is 0. The van der Waals surface area contributed by atoms with Gasteiger partial charge < -0.3 is 5.32 Å². The van der Waals surface area contributed by atoms with E-state index in [-0.39, 0.29) is 17.9 Å². The molecule has 3 nitrogen and oxygen atoms in total. The minimum Gasteiger partial charge on any atom is -0.340 e. The molecule has 0 spiro atoms. The minimum atomic E-state index is -0.346. The Morgan fingerprint density at radius 1 is 1.50 bits per heavy atom. The van der Waals surface area contributed by atoms with Crippen molar-refractivity contribution < 1.29 is 4.79 Å². The second kappa shape index (κ2) is 3.61. The van der Waals surface area contributed by atoms with Gasteiger partial charge in [-0.3, -0.25) is 4.79 Å². The van der Waals surface area contributed by atoms with Gasteiger partial charge in [-0.25, -0.2) is 0 Å². The van der Waals surface area contributed by atoms with Gasteiger partial charge in [-0.05, 0) is 38.0 Å². The number of nitrogens with zero attached hydrogens (tertiary/aromatic N) is 1. The van der Waals surface area contributed by atoms with E-state index in [1.165, 1.54) is 19.3 Å². The van der Waals surface area contributed by atoms with Gasteiger partial charge in [-0.15, -0.1) is 0 Å². The van der Waals surface area contributed by atoms with Crippen LogP contribution in [-0.2, 0) is 4.79 Å². The van der Waals surface area contributed by atoms with E-state index in [1.54, 1.807) is 6.92 Å². The second-order valence-corrected chi connectivity index (χ2v) is 4.64. The number of hydrogen-bond donors (Lipinski definition) is 1. The predicted molar refractivity (Wildman–Crippen MR) is 52.2 cm³/mol. The van der Waals surface area contributed by atoms with Crippen molar-refractivity contribution in [3.63, 3.8) is 0 Å². The Bertz CT molecular complexity index is 282. The zero-order valence-electron chi connectivity index (χ0n) is 8.49. The quantitative estimate of drug-likeness (QED) is 0.720. The maximum absolute atomic E-state index is 11.7. The Labute approximate surface area is 84.5 Å². The van der Waals surface area contributed by atoms with Crippen LogP contribution in [0.3, 0.4) is 0 Å². The first-order valence-electron chi connectivity index (χ1n) is 5.40. The number of carbonyl (C=O) groups excluding carboxylic acids is 1. The van der Waals surface area contributed by atoms with Crippen LogP contribution in [0, 0.1) is 29.1 Å². The van der Waals surface area contributed by atoms with E-state index in [9.17, 15) is 4.79 Å². The monoisotopic (exact) mass is 192 g/mol. The molecule has 0 aromatic rings. The van der Waals surface area contributed by atoms with E-state index in [4.69, 9.17) is 5.26 Å². The number of nitrogens with one attached hydrogen (secondary N) is 1. The molecule has 1 amide bonds. The molecule has 2 saturated carbocycles. The third-order valence-electron chi connectivity index (χ3n) is 3.63. The van der Waals surface area contributed by atoms with Crippen LogP contribution in [0.1, 0.15) is 32.6 Å². The molecule has 0 saturated heterocycles. The first kappa shape index (κ1) is 9.51. The van der Waals surface area contributed by atoms with Crippen molar-refractivity contribution in [2.75, 3.05) is 0 Å². The largest absolute Gasteiger partial charge is 0.340 e. The molecule has 4 unspecified atom stereocenters. The highest BCUT2D eigenvalue weighted by molar-refractivity contribution is 5.80. The molecule has 0 aromatic heterocycles. The molecule has 0 aliphatic heterocycles. The summed E-state index contributed by atoms with van der Waals surface area (Å²) >= 11 is 0. The van der Waals surface area contributed by atoms with Crippen molar-refractivity contribution in [2.24, 2.45) is 17.8 Å². The summed E-state index contributed by atoms with van der Waals surface area (Å²) in [7, 11) is 0. The fraction of sp³-hybridized carbons (Fsp3) is 0.818. The zero-order chi connectivity index (χ0) is 10.1. The number of hydrogen-bond acceptors (Lipinski definition) is 2. The summed E-state index contributed by atoms with van der Waals surface area (Å²) in [6, 6.07) is 1.69. The van der Waals surface area contributed by atoms with Crippen LogP contribution in [-0.4, -0.2) is 11.9 Å². The number of carbonyl (C=O) groups is 1. The molecule has 2 rings (SSSR count). The highest BCUT2D eigenvalue weighted by atomic mass is 16.2. The molecule has 2 bridgehead atoms. The molecular weight excluding hydrogens is 176 g/mol. The lowest BCUT2D eigenvalue weighted by Gasteiger charge is -2.21. The molecule has 2 aliphatic carbocycles. The molecule has 2 aliphatic rings. The van der Waals surface area contributed by atoms with Crippen LogP contribution in [0.15, 0.2) is 0 Å². The van der Waals surface area contributed by atoms with E-state index < -0.39 is 0 Å². The number of amides is 1. The van der Waals surface area contributed by atoms with Crippen LogP contribution in [0.4, 0.5) is 0 Å². The van der Waals surface area contributed by atoms with E-state index in [0.717, 1.165) is 12.3 Å². The smallest absolute Gasteiger partial charge is 0.224 e. The summed E-state index contributed by atoms with van der Waals surface area (Å²) in [6.07, 6.45) is 4.81. The standard InChI is InChI=1S/C11H16N2O/c1-7(6-12)13-11(14)10-5-8-2-3-9(10)4-8/h7-10H,2-5H2,1H3,(H,13,14). The topological polar surface area (TPSA) is 52.9 Å². The number of nitriles is 1. The fourth-order valence-electron chi connectivity index (χ4n) is 2.92. The molecular formula is C11H16N2O. The molecule has 0 radical (unpaired) electrons. The van der Waals surface area contributed by atoms with Crippen LogP contribution in [0.5, 0.6) is 0 Å². The third kappa shape index (κ3) is 1.61. The zero-order valence-corrected chi connectivity index (χ0v) is 8.49. The second-order valence-electron chi connectivity index (χ2n) is 4.64. The summed E-state index contributed by atoms with van der Waals surface area (Å²) in [5.41, 5.74) is 0. The molecule has 3 heteroatoms. The molecule has 1 N–H and O–H groups in total. The maximum Gasteiger partial charge on any atom is 0.224 e. The van der Waals surface area contributed by atoms with Gasteiger partial charge in [0.05, 0.1) is 6.07 Å². The average Bonchev–Trinajstić information content (AvgIpc) is 2.78. The van der Waals surface area contributed by atoms with Crippen molar-refractivity contribution >= 4 is 5.91 Å².